The third kappa shape index (κ3) is 4.90. The van der Waals surface area contributed by atoms with Crippen molar-refractivity contribution in [3.05, 3.63) is 59.2 Å². The highest BCUT2D eigenvalue weighted by atomic mass is 16.5. The lowest BCUT2D eigenvalue weighted by Gasteiger charge is -2.31. The van der Waals surface area contributed by atoms with Crippen LogP contribution in [0, 0.1) is 0 Å². The van der Waals surface area contributed by atoms with E-state index in [2.05, 4.69) is 18.2 Å². The van der Waals surface area contributed by atoms with Crippen LogP contribution in [0.1, 0.15) is 35.4 Å². The summed E-state index contributed by atoms with van der Waals surface area (Å²) in [5.41, 5.74) is 8.91. The van der Waals surface area contributed by atoms with Crippen LogP contribution < -0.4 is 15.2 Å². The van der Waals surface area contributed by atoms with E-state index in [0.717, 1.165) is 37.1 Å². The van der Waals surface area contributed by atoms with E-state index in [1.54, 1.807) is 24.3 Å². The van der Waals surface area contributed by atoms with Gasteiger partial charge in [-0.2, -0.15) is 0 Å². The Bertz CT molecular complexity index is 861. The molecule has 0 saturated carbocycles. The van der Waals surface area contributed by atoms with Gasteiger partial charge in [-0.15, -0.1) is 0 Å². The number of hydrogen-bond acceptors (Lipinski definition) is 5. The smallest absolute Gasteiger partial charge is 0.246 e. The summed E-state index contributed by atoms with van der Waals surface area (Å²) in [5.74, 6) is 0.985. The maximum Gasteiger partial charge on any atom is 0.246 e. The number of ether oxygens (including phenoxy) is 2. The number of carbonyl (C=O) groups is 1. The zero-order chi connectivity index (χ0) is 20.8. The zero-order valence-corrected chi connectivity index (χ0v) is 16.9. The van der Waals surface area contributed by atoms with Crippen LogP contribution in [0.4, 0.5) is 0 Å². The van der Waals surface area contributed by atoms with Crippen molar-refractivity contribution in [3.63, 3.8) is 0 Å². The Hall–Kier alpha value is -2.99. The Balaban J connectivity index is 1.62. The van der Waals surface area contributed by atoms with Crippen LogP contribution in [0.15, 0.2) is 42.5 Å². The van der Waals surface area contributed by atoms with Gasteiger partial charge in [0.2, 0.25) is 11.7 Å². The first-order valence-corrected chi connectivity index (χ1v) is 9.76. The van der Waals surface area contributed by atoms with Crippen molar-refractivity contribution >= 4 is 12.0 Å². The molecule has 154 valence electrons. The van der Waals surface area contributed by atoms with Gasteiger partial charge in [-0.25, -0.2) is 0 Å². The SMILES string of the molecule is COc1cc(/C=C/C(=O)N2CCC(c3cccc(CN)c3)CC2)cc(OC)c1O. The van der Waals surface area contributed by atoms with E-state index in [1.807, 2.05) is 11.0 Å². The van der Waals surface area contributed by atoms with E-state index >= 15 is 0 Å². The molecule has 6 heteroatoms. The molecule has 1 aliphatic heterocycles. The predicted molar refractivity (Wildman–Crippen MR) is 113 cm³/mol. The van der Waals surface area contributed by atoms with Crippen molar-refractivity contribution in [2.75, 3.05) is 27.3 Å². The van der Waals surface area contributed by atoms with E-state index in [1.165, 1.54) is 19.8 Å². The Morgan fingerprint density at radius 3 is 2.41 bits per heavy atom. The lowest BCUT2D eigenvalue weighted by molar-refractivity contribution is -0.126. The maximum absolute atomic E-state index is 12.6. The second-order valence-corrected chi connectivity index (χ2v) is 7.16. The van der Waals surface area contributed by atoms with E-state index in [0.29, 0.717) is 24.0 Å². The molecule has 3 rings (SSSR count). The van der Waals surface area contributed by atoms with Gasteiger partial charge in [0.1, 0.15) is 0 Å². The first-order valence-electron chi connectivity index (χ1n) is 9.76. The first-order chi connectivity index (χ1) is 14.0. The topological polar surface area (TPSA) is 85.0 Å². The van der Waals surface area contributed by atoms with Crippen LogP contribution in [0.5, 0.6) is 17.2 Å². The Kier molecular flexibility index (Phi) is 6.77. The van der Waals surface area contributed by atoms with Crippen molar-refractivity contribution in [2.45, 2.75) is 25.3 Å². The molecule has 0 radical (unpaired) electrons. The van der Waals surface area contributed by atoms with Gasteiger partial charge in [0, 0.05) is 25.7 Å². The summed E-state index contributed by atoms with van der Waals surface area (Å²) in [7, 11) is 2.95. The molecule has 0 aromatic heterocycles. The molecule has 6 nitrogen and oxygen atoms in total. The summed E-state index contributed by atoms with van der Waals surface area (Å²) < 4.78 is 10.3. The van der Waals surface area contributed by atoms with Crippen molar-refractivity contribution in [2.24, 2.45) is 5.73 Å². The summed E-state index contributed by atoms with van der Waals surface area (Å²) in [6.07, 6.45) is 5.15. The number of methoxy groups -OCH3 is 2. The fourth-order valence-corrected chi connectivity index (χ4v) is 3.69. The number of phenols is 1. The number of piperidine rings is 1. The third-order valence-electron chi connectivity index (χ3n) is 5.39. The minimum absolute atomic E-state index is 0.0230. The van der Waals surface area contributed by atoms with Crippen LogP contribution in [0.3, 0.4) is 0 Å². The average Bonchev–Trinajstić information content (AvgIpc) is 2.78. The van der Waals surface area contributed by atoms with Crippen LogP contribution in [0.2, 0.25) is 0 Å². The molecule has 29 heavy (non-hydrogen) atoms. The van der Waals surface area contributed by atoms with Crippen molar-refractivity contribution in [1.29, 1.82) is 0 Å². The van der Waals surface area contributed by atoms with Crippen LogP contribution in [0.25, 0.3) is 6.08 Å². The molecule has 1 amide bonds. The van der Waals surface area contributed by atoms with E-state index in [-0.39, 0.29) is 11.7 Å². The largest absolute Gasteiger partial charge is 0.502 e. The van der Waals surface area contributed by atoms with E-state index in [4.69, 9.17) is 15.2 Å². The lowest BCUT2D eigenvalue weighted by atomic mass is 9.88. The molecule has 3 N–H and O–H groups in total. The lowest BCUT2D eigenvalue weighted by Crippen LogP contribution is -2.36. The highest BCUT2D eigenvalue weighted by Gasteiger charge is 2.23. The van der Waals surface area contributed by atoms with Crippen LogP contribution in [-0.4, -0.2) is 43.2 Å². The quantitative estimate of drug-likeness (QED) is 0.732. The second-order valence-electron chi connectivity index (χ2n) is 7.16. The Morgan fingerprint density at radius 1 is 1.17 bits per heavy atom. The van der Waals surface area contributed by atoms with Crippen molar-refractivity contribution in [1.82, 2.24) is 4.90 Å². The Labute approximate surface area is 171 Å². The maximum atomic E-state index is 12.6. The second kappa shape index (κ2) is 9.47. The average molecular weight is 396 g/mol. The molecule has 1 heterocycles. The van der Waals surface area contributed by atoms with Gasteiger partial charge in [-0.1, -0.05) is 24.3 Å². The minimum atomic E-state index is -0.0562. The normalized spacial score (nSPS) is 14.9. The third-order valence-corrected chi connectivity index (χ3v) is 5.39. The first kappa shape index (κ1) is 20.7. The predicted octanol–water partition coefficient (Wildman–Crippen LogP) is 3.29. The van der Waals surface area contributed by atoms with Crippen molar-refractivity contribution < 1.29 is 19.4 Å². The number of phenolic OH excluding ortho intramolecular Hbond substituents is 1. The number of aromatic hydroxyl groups is 1. The monoisotopic (exact) mass is 396 g/mol. The number of nitrogens with two attached hydrogens (primary N) is 1. The molecule has 1 saturated heterocycles. The molecule has 0 bridgehead atoms. The van der Waals surface area contributed by atoms with Gasteiger partial charge in [-0.05, 0) is 53.7 Å². The number of benzene rings is 2. The zero-order valence-electron chi connectivity index (χ0n) is 16.9. The standard InChI is InChI=1S/C23H28N2O4/c1-28-20-13-16(14-21(29-2)23(20)27)6-7-22(26)25-10-8-18(9-11-25)19-5-3-4-17(12-19)15-24/h3-7,12-14,18,27H,8-11,15,24H2,1-2H3/b7-6+. The summed E-state index contributed by atoms with van der Waals surface area (Å²) in [6.45, 7) is 1.99. The van der Waals surface area contributed by atoms with Crippen LogP contribution >= 0.6 is 0 Å². The minimum Gasteiger partial charge on any atom is -0.502 e. The fraction of sp³-hybridized carbons (Fsp3) is 0.348. The van der Waals surface area contributed by atoms with Gasteiger partial charge in [0.05, 0.1) is 14.2 Å². The summed E-state index contributed by atoms with van der Waals surface area (Å²) >= 11 is 0. The molecule has 0 unspecified atom stereocenters. The number of hydrogen-bond donors (Lipinski definition) is 2. The van der Waals surface area contributed by atoms with Crippen LogP contribution in [-0.2, 0) is 11.3 Å². The molecule has 0 atom stereocenters. The highest BCUT2D eigenvalue weighted by Crippen LogP contribution is 2.37. The molecule has 1 fully saturated rings. The fourth-order valence-electron chi connectivity index (χ4n) is 3.69. The summed E-state index contributed by atoms with van der Waals surface area (Å²) in [5, 5.41) is 9.99. The van der Waals surface area contributed by atoms with Gasteiger partial charge in [0.15, 0.2) is 11.5 Å². The number of likely N-dealkylation sites (tertiary alicyclic amines) is 1. The highest BCUT2D eigenvalue weighted by molar-refractivity contribution is 5.92. The van der Waals surface area contributed by atoms with Gasteiger partial charge in [0.25, 0.3) is 0 Å². The molecule has 1 aliphatic rings. The van der Waals surface area contributed by atoms with Gasteiger partial charge in [-0.3, -0.25) is 4.79 Å². The number of nitrogens with zero attached hydrogens (tertiary/aromatic N) is 1. The number of rotatable bonds is 6. The molecule has 2 aromatic carbocycles. The van der Waals surface area contributed by atoms with Gasteiger partial charge >= 0.3 is 0 Å². The summed E-state index contributed by atoms with van der Waals surface area (Å²) in [6, 6.07) is 11.7. The van der Waals surface area contributed by atoms with E-state index < -0.39 is 0 Å². The van der Waals surface area contributed by atoms with E-state index in [9.17, 15) is 9.90 Å². The molecule has 0 spiro atoms. The van der Waals surface area contributed by atoms with Crippen molar-refractivity contribution in [3.8, 4) is 17.2 Å². The molecule has 2 aromatic rings. The Morgan fingerprint density at radius 2 is 1.83 bits per heavy atom. The summed E-state index contributed by atoms with van der Waals surface area (Å²) in [4.78, 5) is 14.5. The number of carbonyl (C=O) groups excluding carboxylic acids is 1. The molecule has 0 aliphatic carbocycles. The van der Waals surface area contributed by atoms with Gasteiger partial charge < -0.3 is 25.2 Å². The number of amides is 1. The molecular weight excluding hydrogens is 368 g/mol. The molecular formula is C23H28N2O4.